The summed E-state index contributed by atoms with van der Waals surface area (Å²) in [7, 11) is -2.15. The average molecular weight is 464 g/mol. The van der Waals surface area contributed by atoms with E-state index in [9.17, 15) is 14.3 Å². The van der Waals surface area contributed by atoms with Crippen LogP contribution in [0.1, 0.15) is 27.0 Å². The van der Waals surface area contributed by atoms with Crippen LogP contribution in [0.4, 0.5) is 0 Å². The predicted molar refractivity (Wildman–Crippen MR) is 114 cm³/mol. The Morgan fingerprint density at radius 3 is 2.00 bits per heavy atom. The molecule has 7 nitrogen and oxygen atoms in total. The Balaban J connectivity index is 0.00000363. The maximum absolute atomic E-state index is 13.1. The number of carbonyl (C=O) groups is 1. The molecule has 0 N–H and O–H groups in total. The van der Waals surface area contributed by atoms with E-state index in [0.717, 1.165) is 11.1 Å². The summed E-state index contributed by atoms with van der Waals surface area (Å²) >= 11 is 0. The minimum Gasteiger partial charge on any atom is -0.736 e. The molecule has 1 atom stereocenters. The number of methoxy groups -OCH3 is 2. The number of hydrogen-bond acceptors (Lipinski definition) is 7. The molecule has 0 aliphatic carbocycles. The zero-order valence-electron chi connectivity index (χ0n) is 18.6. The number of para-hydroxylation sites is 1. The summed E-state index contributed by atoms with van der Waals surface area (Å²) < 4.78 is 33.1. The summed E-state index contributed by atoms with van der Waals surface area (Å²) in [6.45, 7) is 3.79. The van der Waals surface area contributed by atoms with Gasteiger partial charge in [-0.25, -0.2) is 4.57 Å². The number of ketones is 1. The van der Waals surface area contributed by atoms with Gasteiger partial charge in [0.2, 0.25) is 5.75 Å². The van der Waals surface area contributed by atoms with Crippen LogP contribution >= 0.6 is 7.82 Å². The van der Waals surface area contributed by atoms with Crippen molar-refractivity contribution in [3.05, 3.63) is 82.9 Å². The van der Waals surface area contributed by atoms with Crippen LogP contribution in [-0.2, 0) is 4.57 Å². The number of carbonyl (C=O) groups excluding carboxylic acids is 1. The van der Waals surface area contributed by atoms with Crippen molar-refractivity contribution in [1.82, 2.24) is 0 Å². The van der Waals surface area contributed by atoms with Crippen LogP contribution in [0, 0.1) is 13.8 Å². The number of aryl methyl sites for hydroxylation is 2. The molecule has 0 aromatic heterocycles. The summed E-state index contributed by atoms with van der Waals surface area (Å²) in [6, 6.07) is 16.3. The second-order valence-corrected chi connectivity index (χ2v) is 8.06. The Hall–Kier alpha value is -2.28. The third-order valence-electron chi connectivity index (χ3n) is 4.51. The number of ether oxygens (including phenoxy) is 2. The van der Waals surface area contributed by atoms with Crippen LogP contribution in [0.3, 0.4) is 0 Å². The van der Waals surface area contributed by atoms with Gasteiger partial charge in [-0.15, -0.1) is 0 Å². The van der Waals surface area contributed by atoms with E-state index in [1.807, 2.05) is 26.0 Å². The number of phosphoric ester groups is 1. The summed E-state index contributed by atoms with van der Waals surface area (Å²) in [6.07, 6.45) is 0. The largest absolute Gasteiger partial charge is 1.00 e. The van der Waals surface area contributed by atoms with Gasteiger partial charge in [-0.05, 0) is 43.7 Å². The van der Waals surface area contributed by atoms with Crippen molar-refractivity contribution >= 4 is 13.6 Å². The van der Waals surface area contributed by atoms with Crippen molar-refractivity contribution in [2.45, 2.75) is 13.8 Å². The van der Waals surface area contributed by atoms with E-state index in [0.29, 0.717) is 5.56 Å². The summed E-state index contributed by atoms with van der Waals surface area (Å²) in [5.74, 6) is -0.344. The SMILES string of the molecule is COc1cc(C(=O)c2ccc(C)cc2C)cc(OC)c1OP(=O)([O-])Oc1ccccc1.[Na+]. The smallest absolute Gasteiger partial charge is 0.736 e. The van der Waals surface area contributed by atoms with Crippen molar-refractivity contribution < 1.29 is 62.3 Å². The van der Waals surface area contributed by atoms with E-state index in [-0.39, 0.29) is 63.9 Å². The van der Waals surface area contributed by atoms with Gasteiger partial charge in [-0.3, -0.25) is 4.79 Å². The van der Waals surface area contributed by atoms with Gasteiger partial charge in [0, 0.05) is 11.1 Å². The number of rotatable bonds is 8. The molecule has 0 saturated heterocycles. The number of phosphoric acid groups is 1. The maximum Gasteiger partial charge on any atom is 1.00 e. The van der Waals surface area contributed by atoms with E-state index in [4.69, 9.17) is 18.5 Å². The second kappa shape index (κ2) is 11.0. The first-order valence-corrected chi connectivity index (χ1v) is 10.8. The topological polar surface area (TPSA) is 94.1 Å². The third kappa shape index (κ3) is 6.15. The molecule has 162 valence electrons. The second-order valence-electron chi connectivity index (χ2n) is 6.80. The Kier molecular flexibility index (Phi) is 8.96. The standard InChI is InChI=1S/C23H23O7P.Na/c1-15-10-11-19(16(2)12-15)22(24)17-13-20(27-3)23(21(14-17)28-4)30-31(25,26)29-18-8-6-5-7-9-18;/h5-14H,1-4H3,(H,25,26);/q;+1/p-1. The molecular formula is C23H22NaO7P. The first-order valence-electron chi connectivity index (χ1n) is 9.37. The molecule has 32 heavy (non-hydrogen) atoms. The maximum atomic E-state index is 13.1. The van der Waals surface area contributed by atoms with Gasteiger partial charge in [0.1, 0.15) is 5.75 Å². The van der Waals surface area contributed by atoms with E-state index < -0.39 is 7.82 Å². The molecule has 0 amide bonds. The van der Waals surface area contributed by atoms with E-state index >= 15 is 0 Å². The molecule has 3 rings (SSSR count). The van der Waals surface area contributed by atoms with Crippen molar-refractivity contribution in [3.8, 4) is 23.0 Å². The predicted octanol–water partition coefficient (Wildman–Crippen LogP) is 1.48. The molecule has 0 radical (unpaired) electrons. The van der Waals surface area contributed by atoms with E-state index in [1.165, 1.54) is 38.5 Å². The Morgan fingerprint density at radius 2 is 1.47 bits per heavy atom. The fourth-order valence-electron chi connectivity index (χ4n) is 3.07. The van der Waals surface area contributed by atoms with Gasteiger partial charge in [-0.2, -0.15) is 0 Å². The van der Waals surface area contributed by atoms with Gasteiger partial charge in [0.05, 0.1) is 14.2 Å². The van der Waals surface area contributed by atoms with Crippen LogP contribution < -0.4 is 53.0 Å². The van der Waals surface area contributed by atoms with Gasteiger partial charge in [-0.1, -0.05) is 42.0 Å². The van der Waals surface area contributed by atoms with Crippen molar-refractivity contribution in [2.75, 3.05) is 14.2 Å². The normalized spacial score (nSPS) is 12.2. The fourth-order valence-corrected chi connectivity index (χ4v) is 3.89. The minimum absolute atomic E-state index is 0. The third-order valence-corrected chi connectivity index (χ3v) is 5.35. The molecule has 0 aliphatic rings. The number of benzene rings is 3. The molecule has 3 aromatic rings. The van der Waals surface area contributed by atoms with Gasteiger partial charge < -0.3 is 23.4 Å². The van der Waals surface area contributed by atoms with Gasteiger partial charge >= 0.3 is 37.4 Å². The molecule has 1 unspecified atom stereocenters. The average Bonchev–Trinajstić information content (AvgIpc) is 2.73. The molecule has 0 bridgehead atoms. The van der Waals surface area contributed by atoms with Crippen LogP contribution in [0.5, 0.6) is 23.0 Å². The molecular weight excluding hydrogens is 442 g/mol. The van der Waals surface area contributed by atoms with Crippen LogP contribution in [0.25, 0.3) is 0 Å². The first kappa shape index (κ1) is 26.0. The summed E-state index contributed by atoms with van der Waals surface area (Å²) in [5.41, 5.74) is 2.64. The Labute approximate surface area is 209 Å². The number of hydrogen-bond donors (Lipinski definition) is 0. The molecule has 0 aliphatic heterocycles. The van der Waals surface area contributed by atoms with Crippen LogP contribution in [0.2, 0.25) is 0 Å². The zero-order chi connectivity index (χ0) is 22.6. The molecule has 0 saturated carbocycles. The van der Waals surface area contributed by atoms with E-state index in [1.54, 1.807) is 24.3 Å². The van der Waals surface area contributed by atoms with Crippen LogP contribution in [-0.4, -0.2) is 20.0 Å². The molecule has 0 heterocycles. The Morgan fingerprint density at radius 1 is 0.875 bits per heavy atom. The molecule has 0 fully saturated rings. The van der Waals surface area contributed by atoms with Crippen molar-refractivity contribution in [2.24, 2.45) is 0 Å². The summed E-state index contributed by atoms with van der Waals surface area (Å²) in [5, 5.41) is 0. The quantitative estimate of drug-likeness (QED) is 0.283. The van der Waals surface area contributed by atoms with Crippen molar-refractivity contribution in [3.63, 3.8) is 0 Å². The minimum atomic E-state index is -4.82. The van der Waals surface area contributed by atoms with Gasteiger partial charge in [0.15, 0.2) is 17.3 Å². The van der Waals surface area contributed by atoms with Crippen LogP contribution in [0.15, 0.2) is 60.7 Å². The van der Waals surface area contributed by atoms with E-state index in [2.05, 4.69) is 0 Å². The first-order chi connectivity index (χ1) is 14.7. The zero-order valence-corrected chi connectivity index (χ0v) is 21.5. The fraction of sp³-hybridized carbons (Fsp3) is 0.174. The molecule has 9 heteroatoms. The van der Waals surface area contributed by atoms with Crippen molar-refractivity contribution in [1.29, 1.82) is 0 Å². The van der Waals surface area contributed by atoms with Gasteiger partial charge in [0.25, 0.3) is 0 Å². The Bertz CT molecular complexity index is 1120. The molecule has 3 aromatic carbocycles. The summed E-state index contributed by atoms with van der Waals surface area (Å²) in [4.78, 5) is 25.5. The molecule has 0 spiro atoms. The monoisotopic (exact) mass is 464 g/mol.